The van der Waals surface area contributed by atoms with E-state index < -0.39 is 29.8 Å². The molecule has 190 valence electrons. The Balaban J connectivity index is 1.40. The number of hydrogen-bond acceptors (Lipinski definition) is 6. The van der Waals surface area contributed by atoms with Crippen LogP contribution in [-0.2, 0) is 14.4 Å². The van der Waals surface area contributed by atoms with Gasteiger partial charge in [0.25, 0.3) is 0 Å². The third kappa shape index (κ3) is 3.60. The van der Waals surface area contributed by atoms with Crippen molar-refractivity contribution in [2.75, 3.05) is 17.3 Å². The van der Waals surface area contributed by atoms with Gasteiger partial charge in [-0.15, -0.1) is 0 Å². The fourth-order valence-corrected chi connectivity index (χ4v) is 5.85. The van der Waals surface area contributed by atoms with Crippen molar-refractivity contribution in [1.29, 1.82) is 0 Å². The van der Waals surface area contributed by atoms with Crippen LogP contribution in [0.4, 0.5) is 11.4 Å². The summed E-state index contributed by atoms with van der Waals surface area (Å²) < 4.78 is 5.20. The topological polar surface area (TPSA) is 96.0 Å². The van der Waals surface area contributed by atoms with Crippen LogP contribution in [0.2, 0.25) is 0 Å². The Morgan fingerprint density at radius 1 is 0.868 bits per heavy atom. The molecule has 3 amide bonds. The number of carbonyl (C=O) groups excluding carboxylic acids is 4. The van der Waals surface area contributed by atoms with E-state index in [1.54, 1.807) is 55.6 Å². The lowest BCUT2D eigenvalue weighted by atomic mass is 9.84. The first-order valence-corrected chi connectivity index (χ1v) is 12.4. The zero-order valence-electron chi connectivity index (χ0n) is 20.8. The predicted octanol–water partition coefficient (Wildman–Crippen LogP) is 4.05. The smallest absolute Gasteiger partial charge is 0.247 e. The average Bonchev–Trinajstić information content (AvgIpc) is 3.41. The van der Waals surface area contributed by atoms with Crippen molar-refractivity contribution in [2.45, 2.75) is 19.0 Å². The van der Waals surface area contributed by atoms with Crippen molar-refractivity contribution >= 4 is 41.0 Å². The summed E-state index contributed by atoms with van der Waals surface area (Å²) in [6, 6.07) is 19.7. The van der Waals surface area contributed by atoms with E-state index in [0.29, 0.717) is 22.7 Å². The van der Waals surface area contributed by atoms with Crippen LogP contribution in [0, 0.1) is 11.8 Å². The summed E-state index contributed by atoms with van der Waals surface area (Å²) in [5, 5.41) is 2.93. The van der Waals surface area contributed by atoms with Gasteiger partial charge in [-0.1, -0.05) is 24.3 Å². The molecule has 1 N–H and O–H groups in total. The molecule has 0 bridgehead atoms. The third-order valence-electron chi connectivity index (χ3n) is 7.62. The number of nitrogens with zero attached hydrogens (tertiary/aromatic N) is 2. The number of methoxy groups -OCH3 is 1. The monoisotopic (exact) mass is 507 g/mol. The van der Waals surface area contributed by atoms with Crippen molar-refractivity contribution in [3.05, 3.63) is 95.7 Å². The molecule has 8 heteroatoms. The molecule has 8 nitrogen and oxygen atoms in total. The van der Waals surface area contributed by atoms with Crippen molar-refractivity contribution in [3.63, 3.8) is 0 Å². The number of imide groups is 1. The van der Waals surface area contributed by atoms with Gasteiger partial charge in [0.15, 0.2) is 5.78 Å². The molecule has 3 aliphatic heterocycles. The Morgan fingerprint density at radius 2 is 1.55 bits per heavy atom. The lowest BCUT2D eigenvalue weighted by Crippen LogP contribution is -2.46. The number of fused-ring (bicyclic) bond motifs is 5. The lowest BCUT2D eigenvalue weighted by Gasteiger charge is -2.35. The normalized spacial score (nSPS) is 23.1. The largest absolute Gasteiger partial charge is 0.497 e. The molecule has 3 aliphatic rings. The summed E-state index contributed by atoms with van der Waals surface area (Å²) in [6.07, 6.45) is 3.73. The standard InChI is InChI=1S/C30H25N3O5/c1-17(34)18-7-11-21(12-8-18)33-29(36)24-25(30(33)37)27(28(35)31-20-9-13-22(38-2)14-10-20)32-16-15-19-5-3-4-6-23(19)26(24)32/h3-16,24-27H,1-2H3,(H,31,35)/t24-,25-,26+,27+/m1/s1. The number of benzene rings is 3. The minimum absolute atomic E-state index is 0.107. The highest BCUT2D eigenvalue weighted by Gasteiger charge is 2.64. The zero-order valence-corrected chi connectivity index (χ0v) is 20.8. The molecule has 4 atom stereocenters. The van der Waals surface area contributed by atoms with E-state index in [4.69, 9.17) is 4.74 Å². The minimum Gasteiger partial charge on any atom is -0.497 e. The Labute approximate surface area is 219 Å². The Morgan fingerprint density at radius 3 is 2.24 bits per heavy atom. The van der Waals surface area contributed by atoms with Gasteiger partial charge in [-0.05, 0) is 72.7 Å². The Bertz CT molecular complexity index is 1500. The van der Waals surface area contributed by atoms with Gasteiger partial charge in [0.1, 0.15) is 11.8 Å². The lowest BCUT2D eigenvalue weighted by molar-refractivity contribution is -0.128. The van der Waals surface area contributed by atoms with Gasteiger partial charge in [0.2, 0.25) is 17.7 Å². The second kappa shape index (κ2) is 8.99. The highest BCUT2D eigenvalue weighted by Crippen LogP contribution is 2.53. The Kier molecular flexibility index (Phi) is 5.60. The summed E-state index contributed by atoms with van der Waals surface area (Å²) >= 11 is 0. The molecule has 38 heavy (non-hydrogen) atoms. The molecule has 6 rings (SSSR count). The summed E-state index contributed by atoms with van der Waals surface area (Å²) in [5.41, 5.74) is 3.29. The van der Waals surface area contributed by atoms with Crippen LogP contribution in [0.5, 0.6) is 5.75 Å². The van der Waals surface area contributed by atoms with Crippen LogP contribution in [-0.4, -0.2) is 41.6 Å². The molecule has 3 aromatic carbocycles. The molecule has 0 radical (unpaired) electrons. The molecule has 0 aliphatic carbocycles. The maximum absolute atomic E-state index is 13.9. The fraction of sp³-hybridized carbons (Fsp3) is 0.200. The number of hydrogen-bond donors (Lipinski definition) is 1. The van der Waals surface area contributed by atoms with E-state index in [9.17, 15) is 19.2 Å². The van der Waals surface area contributed by atoms with Crippen molar-refractivity contribution in [2.24, 2.45) is 11.8 Å². The number of rotatable bonds is 5. The number of carbonyl (C=O) groups is 4. The van der Waals surface area contributed by atoms with E-state index in [1.807, 2.05) is 41.4 Å². The Hall–Kier alpha value is -4.72. The average molecular weight is 508 g/mol. The summed E-state index contributed by atoms with van der Waals surface area (Å²) in [6.45, 7) is 1.46. The molecule has 0 spiro atoms. The maximum atomic E-state index is 13.9. The molecular formula is C30H25N3O5. The predicted molar refractivity (Wildman–Crippen MR) is 141 cm³/mol. The van der Waals surface area contributed by atoms with Crippen LogP contribution < -0.4 is 15.0 Å². The highest BCUT2D eigenvalue weighted by atomic mass is 16.5. The van der Waals surface area contributed by atoms with E-state index in [1.165, 1.54) is 11.8 Å². The summed E-state index contributed by atoms with van der Waals surface area (Å²) in [7, 11) is 1.56. The quantitative estimate of drug-likeness (QED) is 0.414. The molecule has 3 heterocycles. The molecule has 0 aromatic heterocycles. The van der Waals surface area contributed by atoms with E-state index in [-0.39, 0.29) is 17.6 Å². The summed E-state index contributed by atoms with van der Waals surface area (Å²) in [4.78, 5) is 56.3. The molecule has 2 saturated heterocycles. The summed E-state index contributed by atoms with van der Waals surface area (Å²) in [5.74, 6) is -2.22. The van der Waals surface area contributed by atoms with Crippen molar-refractivity contribution < 1.29 is 23.9 Å². The number of Topliss-reactive ketones (excluding diaryl/α,β-unsaturated/α-hetero) is 1. The van der Waals surface area contributed by atoms with Gasteiger partial charge >= 0.3 is 0 Å². The van der Waals surface area contributed by atoms with Crippen LogP contribution in [0.3, 0.4) is 0 Å². The second-order valence-corrected chi connectivity index (χ2v) is 9.67. The second-order valence-electron chi connectivity index (χ2n) is 9.67. The van der Waals surface area contributed by atoms with E-state index in [2.05, 4.69) is 5.32 Å². The molecule has 3 aromatic rings. The van der Waals surface area contributed by atoms with Gasteiger partial charge in [0, 0.05) is 17.5 Å². The van der Waals surface area contributed by atoms with Crippen molar-refractivity contribution in [1.82, 2.24) is 4.90 Å². The highest BCUT2D eigenvalue weighted by molar-refractivity contribution is 6.24. The van der Waals surface area contributed by atoms with Gasteiger partial charge < -0.3 is 15.0 Å². The van der Waals surface area contributed by atoms with E-state index >= 15 is 0 Å². The first-order chi connectivity index (χ1) is 18.4. The van der Waals surface area contributed by atoms with Gasteiger partial charge in [-0.2, -0.15) is 0 Å². The number of anilines is 2. The van der Waals surface area contributed by atoms with Crippen LogP contribution in [0.1, 0.15) is 34.5 Å². The molecular weight excluding hydrogens is 482 g/mol. The SMILES string of the molecule is COc1ccc(NC(=O)[C@@H]2[C@@H]3C(=O)N(c4ccc(C(C)=O)cc4)C(=O)[C@H]3[C@@H]3c4ccccc4C=CN23)cc1. The number of ketones is 1. The first-order valence-electron chi connectivity index (χ1n) is 12.4. The van der Waals surface area contributed by atoms with Crippen LogP contribution >= 0.6 is 0 Å². The number of ether oxygens (including phenoxy) is 1. The van der Waals surface area contributed by atoms with Gasteiger partial charge in [-0.3, -0.25) is 19.2 Å². The third-order valence-corrected chi connectivity index (χ3v) is 7.62. The van der Waals surface area contributed by atoms with Crippen LogP contribution in [0.25, 0.3) is 6.08 Å². The molecule has 2 fully saturated rings. The molecule has 0 saturated carbocycles. The fourth-order valence-electron chi connectivity index (χ4n) is 5.85. The minimum atomic E-state index is -0.894. The number of amides is 3. The van der Waals surface area contributed by atoms with E-state index in [0.717, 1.165) is 11.1 Å². The van der Waals surface area contributed by atoms with Crippen LogP contribution in [0.15, 0.2) is 79.0 Å². The zero-order chi connectivity index (χ0) is 26.6. The first kappa shape index (κ1) is 23.7. The van der Waals surface area contributed by atoms with Gasteiger partial charge in [-0.25, -0.2) is 4.90 Å². The molecule has 0 unspecified atom stereocenters. The number of nitrogens with one attached hydrogen (secondary N) is 1. The maximum Gasteiger partial charge on any atom is 0.247 e. The van der Waals surface area contributed by atoms with Gasteiger partial charge in [0.05, 0.1) is 30.7 Å². The van der Waals surface area contributed by atoms with Crippen molar-refractivity contribution in [3.8, 4) is 5.75 Å².